The van der Waals surface area contributed by atoms with Crippen LogP contribution in [-0.2, 0) is 6.61 Å². The van der Waals surface area contributed by atoms with E-state index in [2.05, 4.69) is 16.6 Å². The molecular weight excluding hydrogens is 320 g/mol. The van der Waals surface area contributed by atoms with Gasteiger partial charge in [0.05, 0.1) is 24.5 Å². The number of ether oxygens (including phenoxy) is 2. The van der Waals surface area contributed by atoms with Crippen molar-refractivity contribution in [2.24, 2.45) is 10.8 Å². The topological polar surface area (TPSA) is 110 Å². The number of carbonyl (C=O) groups is 1. The first-order chi connectivity index (χ1) is 12.1. The van der Waals surface area contributed by atoms with E-state index in [0.29, 0.717) is 29.2 Å². The lowest BCUT2D eigenvalue weighted by Gasteiger charge is -2.13. The van der Waals surface area contributed by atoms with E-state index < -0.39 is 6.03 Å². The van der Waals surface area contributed by atoms with E-state index in [0.717, 1.165) is 5.56 Å². The molecule has 0 fully saturated rings. The van der Waals surface area contributed by atoms with E-state index in [1.165, 1.54) is 6.21 Å². The maximum atomic E-state index is 10.6. The zero-order valence-electron chi connectivity index (χ0n) is 13.7. The molecule has 0 radical (unpaired) electrons. The van der Waals surface area contributed by atoms with Gasteiger partial charge >= 0.3 is 6.03 Å². The molecule has 7 heteroatoms. The van der Waals surface area contributed by atoms with E-state index in [9.17, 15) is 4.79 Å². The third kappa shape index (κ3) is 5.25. The molecule has 25 heavy (non-hydrogen) atoms. The Balaban J connectivity index is 2.15. The van der Waals surface area contributed by atoms with Crippen molar-refractivity contribution >= 4 is 12.2 Å². The van der Waals surface area contributed by atoms with Gasteiger partial charge in [-0.05, 0) is 36.8 Å². The number of urea groups is 1. The summed E-state index contributed by atoms with van der Waals surface area (Å²) in [5.41, 5.74) is 9.15. The van der Waals surface area contributed by atoms with Crippen LogP contribution in [0.4, 0.5) is 4.79 Å². The van der Waals surface area contributed by atoms with Gasteiger partial charge in [-0.15, -0.1) is 0 Å². The van der Waals surface area contributed by atoms with Crippen LogP contribution in [0.25, 0.3) is 0 Å². The van der Waals surface area contributed by atoms with Crippen LogP contribution in [-0.4, -0.2) is 18.9 Å². The Morgan fingerprint density at radius 2 is 2.08 bits per heavy atom. The van der Waals surface area contributed by atoms with Crippen molar-refractivity contribution in [2.45, 2.75) is 13.5 Å². The molecule has 3 N–H and O–H groups in total. The third-order valence-corrected chi connectivity index (χ3v) is 3.18. The van der Waals surface area contributed by atoms with Gasteiger partial charge in [0.1, 0.15) is 6.61 Å². The SMILES string of the molecule is CCOc1cc(C=NNC(N)=O)ccc1OCc1ccccc1C#N. The molecule has 0 unspecified atom stereocenters. The number of nitrogens with two attached hydrogens (primary N) is 1. The quantitative estimate of drug-likeness (QED) is 0.597. The monoisotopic (exact) mass is 338 g/mol. The molecule has 0 heterocycles. The van der Waals surface area contributed by atoms with Gasteiger partial charge in [-0.2, -0.15) is 10.4 Å². The van der Waals surface area contributed by atoms with Gasteiger partial charge in [0.2, 0.25) is 0 Å². The standard InChI is InChI=1S/C18H18N4O3/c1-2-24-17-9-13(11-21-22-18(20)23)7-8-16(17)25-12-15-6-4-3-5-14(15)10-19/h3-9,11H,2,12H2,1H3,(H3,20,22,23). The normalized spacial score (nSPS) is 10.2. The lowest BCUT2D eigenvalue weighted by Crippen LogP contribution is -2.24. The number of nitrogens with zero attached hydrogens (tertiary/aromatic N) is 2. The Morgan fingerprint density at radius 1 is 1.28 bits per heavy atom. The molecule has 0 bridgehead atoms. The van der Waals surface area contributed by atoms with Crippen molar-refractivity contribution in [3.8, 4) is 17.6 Å². The first-order valence-corrected chi connectivity index (χ1v) is 7.60. The minimum Gasteiger partial charge on any atom is -0.490 e. The summed E-state index contributed by atoms with van der Waals surface area (Å²) in [5, 5.41) is 12.8. The van der Waals surface area contributed by atoms with Gasteiger partial charge in [-0.25, -0.2) is 10.2 Å². The van der Waals surface area contributed by atoms with Crippen molar-refractivity contribution in [2.75, 3.05) is 6.61 Å². The number of nitriles is 1. The van der Waals surface area contributed by atoms with Crippen LogP contribution < -0.4 is 20.6 Å². The second kappa shape index (κ2) is 8.93. The molecule has 0 spiro atoms. The highest BCUT2D eigenvalue weighted by molar-refractivity contribution is 5.82. The summed E-state index contributed by atoms with van der Waals surface area (Å²) in [5.74, 6) is 1.09. The highest BCUT2D eigenvalue weighted by Crippen LogP contribution is 2.29. The summed E-state index contributed by atoms with van der Waals surface area (Å²) in [4.78, 5) is 10.6. The first kappa shape index (κ1) is 17.8. The van der Waals surface area contributed by atoms with Crippen LogP contribution in [0.15, 0.2) is 47.6 Å². The van der Waals surface area contributed by atoms with E-state index in [1.807, 2.05) is 25.1 Å². The van der Waals surface area contributed by atoms with Crippen molar-refractivity contribution in [1.82, 2.24) is 5.43 Å². The summed E-state index contributed by atoms with van der Waals surface area (Å²) >= 11 is 0. The second-order valence-electron chi connectivity index (χ2n) is 4.93. The van der Waals surface area contributed by atoms with E-state index in [4.69, 9.17) is 20.5 Å². The summed E-state index contributed by atoms with van der Waals surface area (Å²) < 4.78 is 11.4. The Kier molecular flexibility index (Phi) is 6.37. The molecule has 2 aromatic carbocycles. The molecule has 128 valence electrons. The number of carbonyl (C=O) groups excluding carboxylic acids is 1. The zero-order chi connectivity index (χ0) is 18.1. The number of hydrogen-bond acceptors (Lipinski definition) is 5. The largest absolute Gasteiger partial charge is 0.490 e. The number of amides is 2. The number of primary amides is 1. The maximum absolute atomic E-state index is 10.6. The Hall–Kier alpha value is -3.53. The van der Waals surface area contributed by atoms with Gasteiger partial charge in [-0.1, -0.05) is 18.2 Å². The molecule has 0 saturated heterocycles. The highest BCUT2D eigenvalue weighted by Gasteiger charge is 2.08. The Bertz CT molecular complexity index is 812. The van der Waals surface area contributed by atoms with Gasteiger partial charge in [0, 0.05) is 5.56 Å². The molecule has 0 atom stereocenters. The first-order valence-electron chi connectivity index (χ1n) is 7.60. The molecule has 2 amide bonds. The number of rotatable bonds is 7. The van der Waals surface area contributed by atoms with Gasteiger partial charge in [0.15, 0.2) is 11.5 Å². The predicted octanol–water partition coefficient (Wildman–Crippen LogP) is 2.54. The molecule has 0 aliphatic heterocycles. The van der Waals surface area contributed by atoms with Crippen molar-refractivity contribution < 1.29 is 14.3 Å². The highest BCUT2D eigenvalue weighted by atomic mass is 16.5. The number of hydrogen-bond donors (Lipinski definition) is 2. The van der Waals surface area contributed by atoms with Gasteiger partial charge < -0.3 is 15.2 Å². The van der Waals surface area contributed by atoms with E-state index >= 15 is 0 Å². The summed E-state index contributed by atoms with van der Waals surface area (Å²) in [6, 6.07) is 13.9. The zero-order valence-corrected chi connectivity index (χ0v) is 13.7. The molecule has 0 aliphatic rings. The molecule has 0 aromatic heterocycles. The van der Waals surface area contributed by atoms with Crippen LogP contribution in [0, 0.1) is 11.3 Å². The van der Waals surface area contributed by atoms with E-state index in [1.54, 1.807) is 24.3 Å². The lowest BCUT2D eigenvalue weighted by atomic mass is 10.1. The van der Waals surface area contributed by atoms with Crippen molar-refractivity contribution in [1.29, 1.82) is 5.26 Å². The predicted molar refractivity (Wildman–Crippen MR) is 93.4 cm³/mol. The minimum absolute atomic E-state index is 0.250. The Morgan fingerprint density at radius 3 is 2.80 bits per heavy atom. The maximum Gasteiger partial charge on any atom is 0.332 e. The van der Waals surface area contributed by atoms with Crippen molar-refractivity contribution in [3.05, 3.63) is 59.2 Å². The van der Waals surface area contributed by atoms with Gasteiger partial charge in [0.25, 0.3) is 0 Å². The summed E-state index contributed by atoms with van der Waals surface area (Å²) in [6.45, 7) is 2.58. The molecule has 2 rings (SSSR count). The van der Waals surface area contributed by atoms with Crippen LogP contribution in [0.1, 0.15) is 23.6 Å². The number of nitrogens with one attached hydrogen (secondary N) is 1. The molecule has 7 nitrogen and oxygen atoms in total. The fourth-order valence-electron chi connectivity index (χ4n) is 2.07. The molecule has 0 aliphatic carbocycles. The smallest absolute Gasteiger partial charge is 0.332 e. The number of hydrazone groups is 1. The third-order valence-electron chi connectivity index (χ3n) is 3.18. The average Bonchev–Trinajstić information content (AvgIpc) is 2.61. The lowest BCUT2D eigenvalue weighted by molar-refractivity contribution is 0.249. The van der Waals surface area contributed by atoms with Crippen LogP contribution in [0.2, 0.25) is 0 Å². The van der Waals surface area contributed by atoms with Crippen LogP contribution in [0.5, 0.6) is 11.5 Å². The fraction of sp³-hybridized carbons (Fsp3) is 0.167. The van der Waals surface area contributed by atoms with Crippen LogP contribution >= 0.6 is 0 Å². The van der Waals surface area contributed by atoms with Gasteiger partial charge in [-0.3, -0.25) is 0 Å². The second-order valence-corrected chi connectivity index (χ2v) is 4.93. The fourth-order valence-corrected chi connectivity index (χ4v) is 2.07. The Labute approximate surface area is 145 Å². The summed E-state index contributed by atoms with van der Waals surface area (Å²) in [6.07, 6.45) is 1.45. The molecular formula is C18H18N4O3. The molecule has 2 aromatic rings. The molecule has 0 saturated carbocycles. The van der Waals surface area contributed by atoms with Crippen LogP contribution in [0.3, 0.4) is 0 Å². The van der Waals surface area contributed by atoms with Crippen molar-refractivity contribution in [3.63, 3.8) is 0 Å². The summed E-state index contributed by atoms with van der Waals surface area (Å²) in [7, 11) is 0. The number of benzene rings is 2. The van der Waals surface area contributed by atoms with E-state index in [-0.39, 0.29) is 6.61 Å². The average molecular weight is 338 g/mol. The minimum atomic E-state index is -0.739.